The Morgan fingerprint density at radius 1 is 1.05 bits per heavy atom. The first-order valence-corrected chi connectivity index (χ1v) is 6.27. The Labute approximate surface area is 115 Å². The third kappa shape index (κ3) is 2.18. The van der Waals surface area contributed by atoms with E-state index in [1.807, 2.05) is 42.5 Å². The van der Waals surface area contributed by atoms with Crippen LogP contribution in [0.15, 0.2) is 48.8 Å². The van der Waals surface area contributed by atoms with Crippen molar-refractivity contribution in [3.05, 3.63) is 59.4 Å². The molecule has 0 aliphatic heterocycles. The van der Waals surface area contributed by atoms with Crippen LogP contribution < -0.4 is 0 Å². The molecule has 0 aliphatic rings. The fraction of sp³-hybridized carbons (Fsp3) is 0.0667. The van der Waals surface area contributed by atoms with Gasteiger partial charge in [-0.3, -0.25) is 0 Å². The van der Waals surface area contributed by atoms with Crippen LogP contribution in [0.3, 0.4) is 0 Å². The maximum atomic E-state index is 9.14. The summed E-state index contributed by atoms with van der Waals surface area (Å²) in [4.78, 5) is 8.58. The van der Waals surface area contributed by atoms with Crippen LogP contribution in [0.4, 0.5) is 0 Å². The lowest BCUT2D eigenvalue weighted by molar-refractivity contribution is 0.282. The zero-order valence-electron chi connectivity index (χ0n) is 10.0. The van der Waals surface area contributed by atoms with Crippen LogP contribution in [0.2, 0.25) is 5.02 Å². The Balaban J connectivity index is 2.22. The molecule has 0 fully saturated rings. The number of aliphatic hydroxyl groups is 1. The van der Waals surface area contributed by atoms with E-state index < -0.39 is 0 Å². The minimum absolute atomic E-state index is 0.0658. The monoisotopic (exact) mass is 270 g/mol. The Morgan fingerprint density at radius 3 is 2.68 bits per heavy atom. The number of fused-ring (bicyclic) bond motifs is 1. The first-order valence-electron chi connectivity index (χ1n) is 5.89. The minimum atomic E-state index is -0.0658. The molecule has 0 spiro atoms. The van der Waals surface area contributed by atoms with Gasteiger partial charge < -0.3 is 5.11 Å². The van der Waals surface area contributed by atoms with Crippen molar-refractivity contribution in [2.75, 3.05) is 0 Å². The molecule has 3 nitrogen and oxygen atoms in total. The van der Waals surface area contributed by atoms with E-state index in [0.717, 1.165) is 22.2 Å². The number of hydrogen-bond donors (Lipinski definition) is 1. The van der Waals surface area contributed by atoms with Crippen molar-refractivity contribution in [2.45, 2.75) is 6.61 Å². The largest absolute Gasteiger partial charge is 0.392 e. The van der Waals surface area contributed by atoms with Gasteiger partial charge in [-0.2, -0.15) is 0 Å². The number of aliphatic hydroxyl groups excluding tert-OH is 1. The Kier molecular flexibility index (Phi) is 3.15. The molecule has 3 aromatic rings. The summed E-state index contributed by atoms with van der Waals surface area (Å²) < 4.78 is 0. The van der Waals surface area contributed by atoms with Gasteiger partial charge >= 0.3 is 0 Å². The predicted molar refractivity (Wildman–Crippen MR) is 75.9 cm³/mol. The molecular weight excluding hydrogens is 260 g/mol. The van der Waals surface area contributed by atoms with Crippen LogP contribution in [0, 0.1) is 0 Å². The van der Waals surface area contributed by atoms with Gasteiger partial charge in [0.15, 0.2) is 0 Å². The number of hydrogen-bond acceptors (Lipinski definition) is 3. The number of para-hydroxylation sites is 1. The molecule has 0 saturated carbocycles. The van der Waals surface area contributed by atoms with Gasteiger partial charge in [-0.05, 0) is 17.7 Å². The van der Waals surface area contributed by atoms with Gasteiger partial charge in [-0.25, -0.2) is 9.97 Å². The lowest BCUT2D eigenvalue weighted by atomic mass is 10.0. The number of aromatic nitrogens is 2. The predicted octanol–water partition coefficient (Wildman–Crippen LogP) is 3.44. The number of halogens is 1. The van der Waals surface area contributed by atoms with E-state index in [1.54, 1.807) is 6.33 Å². The quantitative estimate of drug-likeness (QED) is 0.776. The summed E-state index contributed by atoms with van der Waals surface area (Å²) in [5.74, 6) is 0. The van der Waals surface area contributed by atoms with Crippen molar-refractivity contribution in [3.63, 3.8) is 0 Å². The Bertz CT molecular complexity index is 738. The zero-order chi connectivity index (χ0) is 13.2. The van der Waals surface area contributed by atoms with Crippen molar-refractivity contribution >= 4 is 22.5 Å². The molecular formula is C15H11ClN2O. The Hall–Kier alpha value is -1.97. The first kappa shape index (κ1) is 12.1. The molecule has 0 radical (unpaired) electrons. The van der Waals surface area contributed by atoms with Crippen molar-refractivity contribution in [3.8, 4) is 11.3 Å². The van der Waals surface area contributed by atoms with E-state index in [-0.39, 0.29) is 6.61 Å². The summed E-state index contributed by atoms with van der Waals surface area (Å²) >= 11 is 6.13. The molecule has 0 unspecified atom stereocenters. The smallest absolute Gasteiger partial charge is 0.116 e. The summed E-state index contributed by atoms with van der Waals surface area (Å²) in [5.41, 5.74) is 3.37. The van der Waals surface area contributed by atoms with Crippen LogP contribution in [0.5, 0.6) is 0 Å². The molecule has 0 saturated heterocycles. The van der Waals surface area contributed by atoms with E-state index in [0.29, 0.717) is 10.6 Å². The highest BCUT2D eigenvalue weighted by atomic mass is 35.5. The van der Waals surface area contributed by atoms with Crippen molar-refractivity contribution in [1.82, 2.24) is 9.97 Å². The lowest BCUT2D eigenvalue weighted by Crippen LogP contribution is -1.90. The van der Waals surface area contributed by atoms with Crippen LogP contribution in [0.25, 0.3) is 22.2 Å². The first-order chi connectivity index (χ1) is 9.29. The number of benzene rings is 2. The second kappa shape index (κ2) is 4.96. The normalized spacial score (nSPS) is 10.8. The number of rotatable bonds is 2. The van der Waals surface area contributed by atoms with Gasteiger partial charge in [-0.1, -0.05) is 41.9 Å². The molecule has 0 aliphatic carbocycles. The topological polar surface area (TPSA) is 46.0 Å². The third-order valence-electron chi connectivity index (χ3n) is 3.04. The van der Waals surface area contributed by atoms with Crippen LogP contribution >= 0.6 is 11.6 Å². The molecule has 1 aromatic heterocycles. The molecule has 1 N–H and O–H groups in total. The summed E-state index contributed by atoms with van der Waals surface area (Å²) in [6.45, 7) is -0.0658. The molecule has 3 rings (SSSR count). The summed E-state index contributed by atoms with van der Waals surface area (Å²) in [6.07, 6.45) is 1.55. The molecule has 1 heterocycles. The molecule has 4 heteroatoms. The van der Waals surface area contributed by atoms with Gasteiger partial charge in [-0.15, -0.1) is 0 Å². The average molecular weight is 271 g/mol. The summed E-state index contributed by atoms with van der Waals surface area (Å²) in [6, 6.07) is 13.4. The summed E-state index contributed by atoms with van der Waals surface area (Å²) in [7, 11) is 0. The molecule has 0 bridgehead atoms. The van der Waals surface area contributed by atoms with E-state index >= 15 is 0 Å². The maximum absolute atomic E-state index is 9.14. The highest BCUT2D eigenvalue weighted by Gasteiger charge is 2.08. The van der Waals surface area contributed by atoms with Gasteiger partial charge in [0.05, 0.1) is 17.8 Å². The van der Waals surface area contributed by atoms with E-state index in [4.69, 9.17) is 16.7 Å². The third-order valence-corrected chi connectivity index (χ3v) is 3.39. The summed E-state index contributed by atoms with van der Waals surface area (Å²) in [5, 5.41) is 10.7. The molecule has 19 heavy (non-hydrogen) atoms. The molecule has 0 atom stereocenters. The van der Waals surface area contributed by atoms with Gasteiger partial charge in [0.25, 0.3) is 0 Å². The lowest BCUT2D eigenvalue weighted by Gasteiger charge is -2.07. The molecule has 0 amide bonds. The SMILES string of the molecule is OCc1ccc(-c2ncnc3ccccc23)cc1Cl. The van der Waals surface area contributed by atoms with E-state index in [9.17, 15) is 0 Å². The highest BCUT2D eigenvalue weighted by molar-refractivity contribution is 6.31. The van der Waals surface area contributed by atoms with Crippen molar-refractivity contribution in [2.24, 2.45) is 0 Å². The van der Waals surface area contributed by atoms with Crippen molar-refractivity contribution in [1.29, 1.82) is 0 Å². The van der Waals surface area contributed by atoms with Crippen LogP contribution in [-0.4, -0.2) is 15.1 Å². The van der Waals surface area contributed by atoms with E-state index in [2.05, 4.69) is 9.97 Å². The fourth-order valence-corrected chi connectivity index (χ4v) is 2.30. The molecule has 2 aromatic carbocycles. The van der Waals surface area contributed by atoms with Crippen LogP contribution in [0.1, 0.15) is 5.56 Å². The average Bonchev–Trinajstić information content (AvgIpc) is 2.46. The van der Waals surface area contributed by atoms with Gasteiger partial charge in [0.2, 0.25) is 0 Å². The highest BCUT2D eigenvalue weighted by Crippen LogP contribution is 2.28. The second-order valence-electron chi connectivity index (χ2n) is 4.20. The molecule has 94 valence electrons. The van der Waals surface area contributed by atoms with Crippen LogP contribution in [-0.2, 0) is 6.61 Å². The Morgan fingerprint density at radius 2 is 1.89 bits per heavy atom. The fourth-order valence-electron chi connectivity index (χ4n) is 2.06. The zero-order valence-corrected chi connectivity index (χ0v) is 10.8. The second-order valence-corrected chi connectivity index (χ2v) is 4.61. The van der Waals surface area contributed by atoms with Gasteiger partial charge in [0.1, 0.15) is 6.33 Å². The van der Waals surface area contributed by atoms with Gasteiger partial charge in [0, 0.05) is 16.0 Å². The maximum Gasteiger partial charge on any atom is 0.116 e. The van der Waals surface area contributed by atoms with Crippen molar-refractivity contribution < 1.29 is 5.11 Å². The number of nitrogens with zero attached hydrogens (tertiary/aromatic N) is 2. The van der Waals surface area contributed by atoms with E-state index in [1.165, 1.54) is 0 Å². The minimum Gasteiger partial charge on any atom is -0.392 e. The standard InChI is InChI=1S/C15H11ClN2O/c16-13-7-10(5-6-11(13)8-19)15-12-3-1-2-4-14(12)17-9-18-15/h1-7,9,19H,8H2.